The molecule has 11 heavy (non-hydrogen) atoms. The highest BCUT2D eigenvalue weighted by molar-refractivity contribution is 7.15. The smallest absolute Gasteiger partial charge is 0.258 e. The van der Waals surface area contributed by atoms with E-state index in [4.69, 9.17) is 6.42 Å². The van der Waals surface area contributed by atoms with Gasteiger partial charge in [-0.2, -0.15) is 0 Å². The third kappa shape index (κ3) is 1.79. The van der Waals surface area contributed by atoms with Crippen molar-refractivity contribution in [1.29, 1.82) is 0 Å². The molecule has 0 unspecified atom stereocenters. The summed E-state index contributed by atoms with van der Waals surface area (Å²) in [4.78, 5) is 10.6. The van der Waals surface area contributed by atoms with E-state index in [1.807, 2.05) is 0 Å². The van der Waals surface area contributed by atoms with Gasteiger partial charge in [-0.3, -0.25) is 10.1 Å². The second-order valence-corrected chi connectivity index (χ2v) is 3.02. The monoisotopic (exact) mass is 167 g/mol. The summed E-state index contributed by atoms with van der Waals surface area (Å²) in [5, 5.41) is 10.3. The van der Waals surface area contributed by atoms with Crippen LogP contribution in [0.25, 0.3) is 0 Å². The minimum absolute atomic E-state index is 0.148. The van der Waals surface area contributed by atoms with Crippen molar-refractivity contribution in [2.45, 2.75) is 6.42 Å². The molecule has 0 spiro atoms. The lowest BCUT2D eigenvalue weighted by Crippen LogP contribution is -1.80. The first-order valence-corrected chi connectivity index (χ1v) is 3.72. The first-order chi connectivity index (χ1) is 5.24. The fourth-order valence-electron chi connectivity index (χ4n) is 0.660. The number of hydrogen-bond acceptors (Lipinski definition) is 3. The van der Waals surface area contributed by atoms with E-state index in [-0.39, 0.29) is 5.00 Å². The quantitative estimate of drug-likeness (QED) is 0.383. The molecule has 1 heterocycles. The summed E-state index contributed by atoms with van der Waals surface area (Å²) in [6.07, 6.45) is 5.50. The van der Waals surface area contributed by atoms with Crippen molar-refractivity contribution in [3.8, 4) is 12.3 Å². The van der Waals surface area contributed by atoms with Gasteiger partial charge in [0.1, 0.15) is 0 Å². The van der Waals surface area contributed by atoms with E-state index in [1.165, 1.54) is 6.07 Å². The van der Waals surface area contributed by atoms with Crippen molar-refractivity contribution in [2.24, 2.45) is 0 Å². The van der Waals surface area contributed by atoms with Crippen LogP contribution in [-0.2, 0) is 6.42 Å². The van der Waals surface area contributed by atoms with Gasteiger partial charge in [0.25, 0.3) is 0 Å². The van der Waals surface area contributed by atoms with Crippen molar-refractivity contribution >= 4 is 16.3 Å². The highest BCUT2D eigenvalue weighted by atomic mass is 32.1. The molecule has 0 aliphatic heterocycles. The Morgan fingerprint density at radius 1 is 1.73 bits per heavy atom. The SMILES string of the molecule is C#CCc1ccc([N+](=O)[O-])s1. The van der Waals surface area contributed by atoms with Gasteiger partial charge in [0.2, 0.25) is 0 Å². The Hall–Kier alpha value is -1.34. The van der Waals surface area contributed by atoms with Gasteiger partial charge >= 0.3 is 5.00 Å². The topological polar surface area (TPSA) is 43.1 Å². The molecule has 0 bridgehead atoms. The largest absolute Gasteiger partial charge is 0.324 e. The van der Waals surface area contributed by atoms with Crippen LogP contribution in [0.15, 0.2) is 12.1 Å². The lowest BCUT2D eigenvalue weighted by Gasteiger charge is -1.81. The summed E-state index contributed by atoms with van der Waals surface area (Å²) in [5.74, 6) is 2.42. The molecule has 0 radical (unpaired) electrons. The van der Waals surface area contributed by atoms with Crippen molar-refractivity contribution in [3.05, 3.63) is 27.1 Å². The van der Waals surface area contributed by atoms with Crippen molar-refractivity contribution in [3.63, 3.8) is 0 Å². The molecule has 0 aliphatic carbocycles. The van der Waals surface area contributed by atoms with Crippen LogP contribution in [-0.4, -0.2) is 4.92 Å². The summed E-state index contributed by atoms with van der Waals surface area (Å²) >= 11 is 1.12. The second-order valence-electron chi connectivity index (χ2n) is 1.88. The zero-order valence-electron chi connectivity index (χ0n) is 5.61. The molecule has 0 aliphatic rings. The Kier molecular flexibility index (Phi) is 2.24. The molecule has 0 saturated carbocycles. The minimum atomic E-state index is -0.412. The molecule has 0 atom stereocenters. The zero-order chi connectivity index (χ0) is 8.27. The van der Waals surface area contributed by atoms with Gasteiger partial charge in [-0.05, 0) is 6.07 Å². The van der Waals surface area contributed by atoms with Gasteiger partial charge in [-0.15, -0.1) is 12.3 Å². The number of nitrogens with zero attached hydrogens (tertiary/aromatic N) is 1. The van der Waals surface area contributed by atoms with Gasteiger partial charge in [0, 0.05) is 17.4 Å². The molecule has 0 fully saturated rings. The van der Waals surface area contributed by atoms with E-state index in [2.05, 4.69) is 5.92 Å². The average molecular weight is 167 g/mol. The third-order valence-electron chi connectivity index (χ3n) is 1.10. The number of hydrogen-bond donors (Lipinski definition) is 0. The Labute approximate surface area is 67.8 Å². The van der Waals surface area contributed by atoms with Crippen LogP contribution >= 0.6 is 11.3 Å². The van der Waals surface area contributed by atoms with Crippen LogP contribution in [0.4, 0.5) is 5.00 Å². The predicted molar refractivity (Wildman–Crippen MR) is 43.5 cm³/mol. The normalized spacial score (nSPS) is 9.00. The highest BCUT2D eigenvalue weighted by Crippen LogP contribution is 2.23. The Bertz CT molecular complexity index is 310. The molecular weight excluding hydrogens is 162 g/mol. The van der Waals surface area contributed by atoms with Crippen LogP contribution in [0.1, 0.15) is 4.88 Å². The van der Waals surface area contributed by atoms with Gasteiger partial charge in [-0.1, -0.05) is 11.3 Å². The molecule has 0 N–H and O–H groups in total. The lowest BCUT2D eigenvalue weighted by atomic mass is 10.4. The van der Waals surface area contributed by atoms with Crippen molar-refractivity contribution in [1.82, 2.24) is 0 Å². The van der Waals surface area contributed by atoms with Gasteiger partial charge in [0.15, 0.2) is 0 Å². The molecule has 0 amide bonds. The van der Waals surface area contributed by atoms with E-state index in [0.29, 0.717) is 6.42 Å². The van der Waals surface area contributed by atoms with Crippen LogP contribution in [0.5, 0.6) is 0 Å². The van der Waals surface area contributed by atoms with Crippen LogP contribution in [0, 0.1) is 22.5 Å². The van der Waals surface area contributed by atoms with E-state index >= 15 is 0 Å². The van der Waals surface area contributed by atoms with Gasteiger partial charge in [0.05, 0.1) is 4.92 Å². The first kappa shape index (κ1) is 7.76. The molecule has 1 rings (SSSR count). The maximum Gasteiger partial charge on any atom is 0.324 e. The van der Waals surface area contributed by atoms with E-state index in [1.54, 1.807) is 6.07 Å². The number of nitro groups is 1. The van der Waals surface area contributed by atoms with Crippen LogP contribution in [0.3, 0.4) is 0 Å². The molecule has 4 heteroatoms. The maximum atomic E-state index is 10.2. The first-order valence-electron chi connectivity index (χ1n) is 2.90. The Morgan fingerprint density at radius 2 is 2.45 bits per heavy atom. The van der Waals surface area contributed by atoms with E-state index in [0.717, 1.165) is 16.2 Å². The minimum Gasteiger partial charge on any atom is -0.258 e. The predicted octanol–water partition coefficient (Wildman–Crippen LogP) is 1.83. The lowest BCUT2D eigenvalue weighted by molar-refractivity contribution is -0.380. The van der Waals surface area contributed by atoms with Crippen LogP contribution < -0.4 is 0 Å². The number of rotatable bonds is 2. The summed E-state index contributed by atoms with van der Waals surface area (Å²) in [6, 6.07) is 3.15. The molecule has 3 nitrogen and oxygen atoms in total. The summed E-state index contributed by atoms with van der Waals surface area (Å²) in [6.45, 7) is 0. The summed E-state index contributed by atoms with van der Waals surface area (Å²) < 4.78 is 0. The van der Waals surface area contributed by atoms with Crippen molar-refractivity contribution < 1.29 is 4.92 Å². The highest BCUT2D eigenvalue weighted by Gasteiger charge is 2.07. The van der Waals surface area contributed by atoms with Gasteiger partial charge < -0.3 is 0 Å². The standard InChI is InChI=1S/C7H5NO2S/c1-2-3-6-4-5-7(11-6)8(9)10/h1,4-5H,3H2. The maximum absolute atomic E-state index is 10.2. The molecular formula is C7H5NO2S. The molecule has 1 aromatic rings. The fourth-order valence-corrected chi connectivity index (χ4v) is 1.43. The number of thiophene rings is 1. The van der Waals surface area contributed by atoms with E-state index in [9.17, 15) is 10.1 Å². The molecule has 0 saturated heterocycles. The molecule has 0 aromatic carbocycles. The number of terminal acetylenes is 1. The van der Waals surface area contributed by atoms with E-state index < -0.39 is 4.92 Å². The fraction of sp³-hybridized carbons (Fsp3) is 0.143. The second kappa shape index (κ2) is 3.17. The third-order valence-corrected chi connectivity index (χ3v) is 2.14. The summed E-state index contributed by atoms with van der Waals surface area (Å²) in [5.41, 5.74) is 0. The zero-order valence-corrected chi connectivity index (χ0v) is 6.43. The Balaban J connectivity index is 2.83. The molecule has 56 valence electrons. The Morgan fingerprint density at radius 3 is 2.91 bits per heavy atom. The summed E-state index contributed by atoms with van der Waals surface area (Å²) in [7, 11) is 0. The van der Waals surface area contributed by atoms with Crippen molar-refractivity contribution in [2.75, 3.05) is 0 Å². The van der Waals surface area contributed by atoms with Crippen LogP contribution in [0.2, 0.25) is 0 Å². The average Bonchev–Trinajstić information content (AvgIpc) is 2.37. The van der Waals surface area contributed by atoms with Gasteiger partial charge in [-0.25, -0.2) is 0 Å². The molecule has 1 aromatic heterocycles.